The average Bonchev–Trinajstić information content (AvgIpc) is 1.88. The molecular weight excluding hydrogens is 116 g/mol. The molecule has 1 N–H and O–H groups in total. The third-order valence-corrected chi connectivity index (χ3v) is 1.52. The van der Waals surface area contributed by atoms with Crippen molar-refractivity contribution in [3.05, 3.63) is 11.6 Å². The number of carbonyl (C=O) groups is 1. The lowest BCUT2D eigenvalue weighted by Gasteiger charge is -2.11. The van der Waals surface area contributed by atoms with Crippen LogP contribution in [0.5, 0.6) is 0 Å². The first-order valence-electron chi connectivity index (χ1n) is 3.17. The van der Waals surface area contributed by atoms with Crippen molar-refractivity contribution in [2.24, 2.45) is 0 Å². The highest BCUT2D eigenvalue weighted by atomic mass is 16.3. The smallest absolute Gasteiger partial charge is 0.145 e. The van der Waals surface area contributed by atoms with Crippen molar-refractivity contribution < 1.29 is 9.90 Å². The molecule has 0 aliphatic heterocycles. The van der Waals surface area contributed by atoms with Crippen molar-refractivity contribution in [2.45, 2.75) is 25.4 Å². The summed E-state index contributed by atoms with van der Waals surface area (Å²) in [6.07, 6.45) is 4.65. The monoisotopic (exact) mass is 126 g/mol. The number of aldehydes is 1. The van der Waals surface area contributed by atoms with E-state index in [4.69, 9.17) is 5.11 Å². The molecule has 0 radical (unpaired) electrons. The third-order valence-electron chi connectivity index (χ3n) is 1.52. The zero-order valence-electron chi connectivity index (χ0n) is 5.21. The number of hydrogen-bond acceptors (Lipinski definition) is 2. The third kappa shape index (κ3) is 1.64. The molecule has 0 aromatic rings. The van der Waals surface area contributed by atoms with Gasteiger partial charge in [0.25, 0.3) is 0 Å². The molecule has 0 saturated carbocycles. The van der Waals surface area contributed by atoms with E-state index in [1.54, 1.807) is 6.08 Å². The average molecular weight is 126 g/mol. The SMILES string of the molecule is O=CC1=CC(O)CCC1. The van der Waals surface area contributed by atoms with Gasteiger partial charge in [-0.1, -0.05) is 0 Å². The van der Waals surface area contributed by atoms with Gasteiger partial charge in [-0.3, -0.25) is 4.79 Å². The van der Waals surface area contributed by atoms with Gasteiger partial charge < -0.3 is 5.11 Å². The molecule has 50 valence electrons. The van der Waals surface area contributed by atoms with Crippen LogP contribution in [0.25, 0.3) is 0 Å². The molecule has 0 bridgehead atoms. The van der Waals surface area contributed by atoms with E-state index in [9.17, 15) is 4.79 Å². The van der Waals surface area contributed by atoms with Crippen molar-refractivity contribution in [3.8, 4) is 0 Å². The fourth-order valence-electron chi connectivity index (χ4n) is 1.03. The first kappa shape index (κ1) is 6.49. The zero-order chi connectivity index (χ0) is 6.69. The van der Waals surface area contributed by atoms with Gasteiger partial charge in [-0.15, -0.1) is 0 Å². The van der Waals surface area contributed by atoms with E-state index in [-0.39, 0.29) is 6.10 Å². The molecule has 0 amide bonds. The van der Waals surface area contributed by atoms with Crippen LogP contribution in [0.2, 0.25) is 0 Å². The van der Waals surface area contributed by atoms with Crippen LogP contribution in [0.1, 0.15) is 19.3 Å². The zero-order valence-corrected chi connectivity index (χ0v) is 5.21. The number of aliphatic hydroxyl groups excluding tert-OH is 1. The minimum atomic E-state index is -0.376. The first-order valence-corrected chi connectivity index (χ1v) is 3.17. The van der Waals surface area contributed by atoms with E-state index in [1.807, 2.05) is 0 Å². The summed E-state index contributed by atoms with van der Waals surface area (Å²) in [7, 11) is 0. The Morgan fingerprint density at radius 2 is 2.56 bits per heavy atom. The molecular formula is C7H10O2. The van der Waals surface area contributed by atoms with Crippen LogP contribution >= 0.6 is 0 Å². The summed E-state index contributed by atoms with van der Waals surface area (Å²) >= 11 is 0. The lowest BCUT2D eigenvalue weighted by molar-refractivity contribution is -0.105. The maximum absolute atomic E-state index is 10.1. The number of allylic oxidation sites excluding steroid dienone is 1. The summed E-state index contributed by atoms with van der Waals surface area (Å²) in [5.74, 6) is 0. The quantitative estimate of drug-likeness (QED) is 0.524. The summed E-state index contributed by atoms with van der Waals surface area (Å²) in [4.78, 5) is 10.1. The standard InChI is InChI=1S/C7H10O2/c8-5-6-2-1-3-7(9)4-6/h4-5,7,9H,1-3H2. The molecule has 0 aromatic carbocycles. The molecule has 1 unspecified atom stereocenters. The number of carbonyl (C=O) groups excluding carboxylic acids is 1. The molecule has 0 aromatic heterocycles. The molecule has 0 heterocycles. The Hall–Kier alpha value is -0.630. The Morgan fingerprint density at radius 1 is 1.78 bits per heavy atom. The molecule has 1 aliphatic rings. The predicted molar refractivity (Wildman–Crippen MR) is 34.0 cm³/mol. The Bertz CT molecular complexity index is 138. The van der Waals surface area contributed by atoms with E-state index in [1.165, 1.54) is 0 Å². The molecule has 9 heavy (non-hydrogen) atoms. The van der Waals surface area contributed by atoms with E-state index >= 15 is 0 Å². The van der Waals surface area contributed by atoms with Crippen LogP contribution in [-0.2, 0) is 4.79 Å². The minimum absolute atomic E-state index is 0.376. The molecule has 2 heteroatoms. The summed E-state index contributed by atoms with van der Waals surface area (Å²) in [5.41, 5.74) is 0.744. The maximum Gasteiger partial charge on any atom is 0.145 e. The summed E-state index contributed by atoms with van der Waals surface area (Å²) < 4.78 is 0. The van der Waals surface area contributed by atoms with E-state index in [2.05, 4.69) is 0 Å². The normalized spacial score (nSPS) is 27.2. The number of rotatable bonds is 1. The second-order valence-corrected chi connectivity index (χ2v) is 2.32. The molecule has 2 nitrogen and oxygen atoms in total. The Balaban J connectivity index is 2.59. The van der Waals surface area contributed by atoms with Gasteiger partial charge in [0.15, 0.2) is 0 Å². The lowest BCUT2D eigenvalue weighted by Crippen LogP contribution is -2.09. The molecule has 1 aliphatic carbocycles. The van der Waals surface area contributed by atoms with Crippen molar-refractivity contribution >= 4 is 6.29 Å². The molecule has 1 atom stereocenters. The Kier molecular flexibility index (Phi) is 2.01. The highest BCUT2D eigenvalue weighted by Crippen LogP contribution is 2.15. The maximum atomic E-state index is 10.1. The van der Waals surface area contributed by atoms with Crippen molar-refractivity contribution in [1.82, 2.24) is 0 Å². The second kappa shape index (κ2) is 2.78. The van der Waals surface area contributed by atoms with Gasteiger partial charge in [-0.2, -0.15) is 0 Å². The van der Waals surface area contributed by atoms with Gasteiger partial charge in [0.2, 0.25) is 0 Å². The van der Waals surface area contributed by atoms with Gasteiger partial charge in [0, 0.05) is 0 Å². The minimum Gasteiger partial charge on any atom is -0.389 e. The van der Waals surface area contributed by atoms with Crippen LogP contribution in [0.4, 0.5) is 0 Å². The summed E-state index contributed by atoms with van der Waals surface area (Å²) in [6.45, 7) is 0. The Morgan fingerprint density at radius 3 is 3.00 bits per heavy atom. The van der Waals surface area contributed by atoms with Gasteiger partial charge >= 0.3 is 0 Å². The van der Waals surface area contributed by atoms with E-state index in [0.29, 0.717) is 0 Å². The van der Waals surface area contributed by atoms with Crippen molar-refractivity contribution in [3.63, 3.8) is 0 Å². The number of hydrogen-bond donors (Lipinski definition) is 1. The van der Waals surface area contributed by atoms with Crippen molar-refractivity contribution in [1.29, 1.82) is 0 Å². The lowest BCUT2D eigenvalue weighted by atomic mass is 9.99. The van der Waals surface area contributed by atoms with Crippen LogP contribution in [-0.4, -0.2) is 17.5 Å². The highest BCUT2D eigenvalue weighted by molar-refractivity contribution is 5.73. The van der Waals surface area contributed by atoms with Crippen LogP contribution in [0.15, 0.2) is 11.6 Å². The summed E-state index contributed by atoms with van der Waals surface area (Å²) in [6, 6.07) is 0. The van der Waals surface area contributed by atoms with Gasteiger partial charge in [0.1, 0.15) is 6.29 Å². The topological polar surface area (TPSA) is 37.3 Å². The molecule has 0 fully saturated rings. The van der Waals surface area contributed by atoms with Gasteiger partial charge in [-0.05, 0) is 30.9 Å². The van der Waals surface area contributed by atoms with E-state index in [0.717, 1.165) is 31.1 Å². The molecule has 0 saturated heterocycles. The summed E-state index contributed by atoms with van der Waals surface area (Å²) in [5, 5.41) is 8.98. The van der Waals surface area contributed by atoms with Crippen LogP contribution in [0, 0.1) is 0 Å². The largest absolute Gasteiger partial charge is 0.389 e. The predicted octanol–water partition coefficient (Wildman–Crippen LogP) is 0.656. The molecule has 1 rings (SSSR count). The van der Waals surface area contributed by atoms with Crippen LogP contribution in [0.3, 0.4) is 0 Å². The number of aliphatic hydroxyl groups is 1. The van der Waals surface area contributed by atoms with Gasteiger partial charge in [0.05, 0.1) is 6.10 Å². The Labute approximate surface area is 54.2 Å². The fourth-order valence-corrected chi connectivity index (χ4v) is 1.03. The van der Waals surface area contributed by atoms with Gasteiger partial charge in [-0.25, -0.2) is 0 Å². The highest BCUT2D eigenvalue weighted by Gasteiger charge is 2.08. The van der Waals surface area contributed by atoms with E-state index < -0.39 is 0 Å². The second-order valence-electron chi connectivity index (χ2n) is 2.32. The van der Waals surface area contributed by atoms with Crippen molar-refractivity contribution in [2.75, 3.05) is 0 Å². The fraction of sp³-hybridized carbons (Fsp3) is 0.571. The molecule has 0 spiro atoms. The first-order chi connectivity index (χ1) is 4.33. The van der Waals surface area contributed by atoms with Crippen LogP contribution < -0.4 is 0 Å².